The van der Waals surface area contributed by atoms with Crippen LogP contribution >= 0.6 is 0 Å². The third-order valence-corrected chi connectivity index (χ3v) is 5.88. The van der Waals surface area contributed by atoms with Crippen molar-refractivity contribution in [3.8, 4) is 5.75 Å². The number of phenols is 1. The summed E-state index contributed by atoms with van der Waals surface area (Å²) in [7, 11) is 0. The highest BCUT2D eigenvalue weighted by atomic mass is 16.4. The molecule has 0 heterocycles. The molecule has 0 saturated carbocycles. The average Bonchev–Trinajstić information content (AvgIpc) is 2.90. The van der Waals surface area contributed by atoms with Gasteiger partial charge in [0.2, 0.25) is 23.6 Å². The number of aliphatic imine (C=N–C) groups is 1. The molecule has 0 aromatic heterocycles. The van der Waals surface area contributed by atoms with E-state index < -0.39 is 66.2 Å². The summed E-state index contributed by atoms with van der Waals surface area (Å²) in [6.07, 6.45) is -1.36. The van der Waals surface area contributed by atoms with E-state index in [-0.39, 0.29) is 56.8 Å². The Kier molecular flexibility index (Phi) is 14.8. The number of carbonyl (C=O) groups excluding carboxylic acids is 4. The van der Waals surface area contributed by atoms with Gasteiger partial charge in [-0.05, 0) is 49.8 Å². The molecule has 0 aliphatic heterocycles. The smallest absolute Gasteiger partial charge is 0.326 e. The number of rotatable bonds is 19. The van der Waals surface area contributed by atoms with Crippen LogP contribution in [-0.2, 0) is 35.2 Å². The fraction of sp³-hybridized carbons (Fsp3) is 0.480. The zero-order chi connectivity index (χ0) is 31.8. The molecule has 42 heavy (non-hydrogen) atoms. The second kappa shape index (κ2) is 17.7. The second-order valence-corrected chi connectivity index (χ2v) is 9.39. The van der Waals surface area contributed by atoms with Gasteiger partial charge in [-0.15, -0.1) is 0 Å². The number of hydrogen-bond donors (Lipinski definition) is 10. The van der Waals surface area contributed by atoms with Crippen LogP contribution in [-0.4, -0.2) is 87.6 Å². The van der Waals surface area contributed by atoms with Crippen LogP contribution in [0.25, 0.3) is 0 Å². The van der Waals surface area contributed by atoms with Crippen LogP contribution in [0.4, 0.5) is 0 Å². The first-order valence-electron chi connectivity index (χ1n) is 12.9. The van der Waals surface area contributed by atoms with Gasteiger partial charge >= 0.3 is 11.9 Å². The van der Waals surface area contributed by atoms with E-state index in [2.05, 4.69) is 20.9 Å². The van der Waals surface area contributed by atoms with Crippen LogP contribution in [0.5, 0.6) is 5.75 Å². The number of primary amides is 1. The molecular weight excluding hydrogens is 556 g/mol. The van der Waals surface area contributed by atoms with Crippen LogP contribution < -0.4 is 38.9 Å². The maximum absolute atomic E-state index is 13.2. The fourth-order valence-electron chi connectivity index (χ4n) is 3.66. The molecular formula is C25H38N8O9. The van der Waals surface area contributed by atoms with Gasteiger partial charge < -0.3 is 54.2 Å². The number of aliphatic carboxylic acids is 2. The number of carboxylic acid groups (broad SMARTS) is 2. The van der Waals surface area contributed by atoms with Gasteiger partial charge in [-0.25, -0.2) is 4.79 Å². The number of hydrogen-bond acceptors (Lipinski definition) is 9. The molecule has 17 nitrogen and oxygen atoms in total. The lowest BCUT2D eigenvalue weighted by molar-refractivity contribution is -0.142. The number of phenolic OH excluding ortho intramolecular Hbond substituents is 1. The van der Waals surface area contributed by atoms with Crippen molar-refractivity contribution in [2.45, 2.75) is 69.1 Å². The van der Waals surface area contributed by atoms with E-state index in [0.717, 1.165) is 0 Å². The standard InChI is InChI=1S/C25H38N8O9/c26-15(12-13-3-5-14(34)6-4-13)21(38)31-17(8-10-20(36)37)23(40)32-16(2-1-11-30-25(28)29)22(39)33-18(24(41)42)7-9-19(27)35/h3-6,15-18,34H,1-2,7-12,26H2,(H2,27,35)(H,31,38)(H,32,40)(H,33,39)(H,36,37)(H,41,42)(H4,28,29,30). The van der Waals surface area contributed by atoms with Crippen molar-refractivity contribution in [2.24, 2.45) is 27.9 Å². The molecule has 4 unspecified atom stereocenters. The minimum Gasteiger partial charge on any atom is -0.508 e. The molecule has 1 aromatic carbocycles. The number of guanidine groups is 1. The van der Waals surface area contributed by atoms with Crippen molar-refractivity contribution in [2.75, 3.05) is 6.54 Å². The Bertz CT molecular complexity index is 1140. The second-order valence-electron chi connectivity index (χ2n) is 9.39. The summed E-state index contributed by atoms with van der Waals surface area (Å²) in [4.78, 5) is 76.6. The van der Waals surface area contributed by atoms with Crippen molar-refractivity contribution in [1.29, 1.82) is 0 Å². The molecule has 0 bridgehead atoms. The first-order chi connectivity index (χ1) is 19.7. The zero-order valence-corrected chi connectivity index (χ0v) is 22.8. The molecule has 0 aliphatic carbocycles. The Morgan fingerprint density at radius 3 is 1.81 bits per heavy atom. The molecule has 17 heteroatoms. The lowest BCUT2D eigenvalue weighted by Gasteiger charge is -2.25. The Labute approximate surface area is 241 Å². The quantitative estimate of drug-likeness (QED) is 0.0435. The van der Waals surface area contributed by atoms with E-state index in [1.807, 2.05) is 0 Å². The fourth-order valence-corrected chi connectivity index (χ4v) is 3.66. The SMILES string of the molecule is NC(=O)CCC(NC(=O)C(CCCN=C(N)N)NC(=O)C(CCC(=O)O)NC(=O)C(N)Cc1ccc(O)cc1)C(=O)O. The van der Waals surface area contributed by atoms with Crippen molar-refractivity contribution in [1.82, 2.24) is 16.0 Å². The van der Waals surface area contributed by atoms with E-state index in [4.69, 9.17) is 28.0 Å². The minimum absolute atomic E-state index is 0.0154. The molecule has 0 fully saturated rings. The Hall–Kier alpha value is -4.93. The summed E-state index contributed by atoms with van der Waals surface area (Å²) in [5, 5.41) is 35.0. The number of benzene rings is 1. The third-order valence-electron chi connectivity index (χ3n) is 5.88. The highest BCUT2D eigenvalue weighted by molar-refractivity contribution is 5.94. The van der Waals surface area contributed by atoms with Gasteiger partial charge in [0, 0.05) is 19.4 Å². The minimum atomic E-state index is -1.50. The number of amides is 4. The summed E-state index contributed by atoms with van der Waals surface area (Å²) in [5.41, 5.74) is 22.2. The summed E-state index contributed by atoms with van der Waals surface area (Å²) < 4.78 is 0. The highest BCUT2D eigenvalue weighted by Gasteiger charge is 2.30. The monoisotopic (exact) mass is 594 g/mol. The normalized spacial score (nSPS) is 13.5. The lowest BCUT2D eigenvalue weighted by atomic mass is 10.0. The van der Waals surface area contributed by atoms with Crippen LogP contribution in [0.2, 0.25) is 0 Å². The molecule has 0 saturated heterocycles. The van der Waals surface area contributed by atoms with Crippen molar-refractivity contribution >= 4 is 41.5 Å². The number of aromatic hydroxyl groups is 1. The van der Waals surface area contributed by atoms with Gasteiger partial charge in [-0.3, -0.25) is 29.0 Å². The summed E-state index contributed by atoms with van der Waals surface area (Å²) in [6, 6.07) is 0.508. The highest BCUT2D eigenvalue weighted by Crippen LogP contribution is 2.11. The molecule has 0 aliphatic rings. The summed E-state index contributed by atoms with van der Waals surface area (Å²) in [5.74, 6) is -6.29. The largest absolute Gasteiger partial charge is 0.508 e. The summed E-state index contributed by atoms with van der Waals surface area (Å²) in [6.45, 7) is 0.0668. The van der Waals surface area contributed by atoms with Crippen LogP contribution in [0.3, 0.4) is 0 Å². The number of carboxylic acids is 2. The van der Waals surface area contributed by atoms with Gasteiger partial charge in [0.1, 0.15) is 23.9 Å². The van der Waals surface area contributed by atoms with E-state index in [9.17, 15) is 39.0 Å². The first-order valence-corrected chi connectivity index (χ1v) is 12.9. The Morgan fingerprint density at radius 1 is 0.762 bits per heavy atom. The molecule has 0 radical (unpaired) electrons. The molecule has 4 amide bonds. The van der Waals surface area contributed by atoms with Crippen LogP contribution in [0.15, 0.2) is 29.3 Å². The van der Waals surface area contributed by atoms with Gasteiger partial charge in [0.15, 0.2) is 5.96 Å². The molecule has 4 atom stereocenters. The predicted octanol–water partition coefficient (Wildman–Crippen LogP) is -3.02. The van der Waals surface area contributed by atoms with Gasteiger partial charge in [0.25, 0.3) is 0 Å². The van der Waals surface area contributed by atoms with Crippen LogP contribution in [0.1, 0.15) is 44.1 Å². The Balaban J connectivity index is 3.07. The predicted molar refractivity (Wildman–Crippen MR) is 148 cm³/mol. The number of nitrogens with one attached hydrogen (secondary N) is 3. The average molecular weight is 595 g/mol. The van der Waals surface area contributed by atoms with Crippen molar-refractivity contribution in [3.05, 3.63) is 29.8 Å². The molecule has 1 aromatic rings. The van der Waals surface area contributed by atoms with E-state index in [1.54, 1.807) is 12.1 Å². The third kappa shape index (κ3) is 13.9. The number of nitrogens with zero attached hydrogens (tertiary/aromatic N) is 1. The van der Waals surface area contributed by atoms with Crippen molar-refractivity contribution < 1.29 is 44.1 Å². The maximum atomic E-state index is 13.2. The van der Waals surface area contributed by atoms with E-state index >= 15 is 0 Å². The topological polar surface area (TPSA) is 316 Å². The van der Waals surface area contributed by atoms with Crippen LogP contribution in [0, 0.1) is 0 Å². The van der Waals surface area contributed by atoms with Gasteiger partial charge in [-0.1, -0.05) is 12.1 Å². The molecule has 0 spiro atoms. The van der Waals surface area contributed by atoms with Gasteiger partial charge in [-0.2, -0.15) is 0 Å². The molecule has 1 rings (SSSR count). The summed E-state index contributed by atoms with van der Waals surface area (Å²) >= 11 is 0. The van der Waals surface area contributed by atoms with Crippen molar-refractivity contribution in [3.63, 3.8) is 0 Å². The molecule has 232 valence electrons. The Morgan fingerprint density at radius 2 is 1.29 bits per heavy atom. The number of nitrogens with two attached hydrogens (primary N) is 4. The van der Waals surface area contributed by atoms with E-state index in [0.29, 0.717) is 5.56 Å². The van der Waals surface area contributed by atoms with Gasteiger partial charge in [0.05, 0.1) is 6.04 Å². The van der Waals surface area contributed by atoms with E-state index in [1.165, 1.54) is 12.1 Å². The molecule has 14 N–H and O–H groups in total. The zero-order valence-electron chi connectivity index (χ0n) is 22.8. The number of carbonyl (C=O) groups is 6. The first kappa shape index (κ1) is 35.1. The lowest BCUT2D eigenvalue weighted by Crippen LogP contribution is -2.57. The maximum Gasteiger partial charge on any atom is 0.326 e.